The first kappa shape index (κ1) is 15.1. The first-order valence-electron chi connectivity index (χ1n) is 6.01. The Kier molecular flexibility index (Phi) is 4.35. The van der Waals surface area contributed by atoms with Crippen molar-refractivity contribution < 1.29 is 17.7 Å². The second kappa shape index (κ2) is 6.02. The molecule has 2 rings (SSSR count). The summed E-state index contributed by atoms with van der Waals surface area (Å²) in [6.07, 6.45) is 0. The summed E-state index contributed by atoms with van der Waals surface area (Å²) in [7, 11) is -1.16. The molecule has 0 spiro atoms. The first-order chi connectivity index (χ1) is 9.95. The zero-order valence-electron chi connectivity index (χ0n) is 11.5. The maximum absolute atomic E-state index is 11.2. The van der Waals surface area contributed by atoms with E-state index in [-0.39, 0.29) is 4.90 Å². The van der Waals surface area contributed by atoms with E-state index >= 15 is 0 Å². The Hall–Kier alpha value is -2.25. The minimum atomic E-state index is -4.23. The predicted molar refractivity (Wildman–Crippen MR) is 78.7 cm³/mol. The Morgan fingerprint density at radius 1 is 1.10 bits per heavy atom. The average Bonchev–Trinajstić information content (AvgIpc) is 2.47. The van der Waals surface area contributed by atoms with Crippen LogP contribution in [0.15, 0.2) is 57.6 Å². The third-order valence-electron chi connectivity index (χ3n) is 2.85. The van der Waals surface area contributed by atoms with Crippen LogP contribution in [0.4, 0.5) is 5.69 Å². The maximum atomic E-state index is 11.2. The Morgan fingerprint density at radius 2 is 1.81 bits per heavy atom. The Labute approximate surface area is 122 Å². The van der Waals surface area contributed by atoms with Gasteiger partial charge in [0.15, 0.2) is 0 Å². The van der Waals surface area contributed by atoms with Crippen LogP contribution in [-0.4, -0.2) is 27.1 Å². The summed E-state index contributed by atoms with van der Waals surface area (Å²) in [5.74, 6) is 0.565. The molecule has 0 bridgehead atoms. The predicted octanol–water partition coefficient (Wildman–Crippen LogP) is 3.32. The highest BCUT2D eigenvalue weighted by Crippen LogP contribution is 2.33. The molecule has 0 atom stereocenters. The third-order valence-corrected chi connectivity index (χ3v) is 3.70. The normalized spacial score (nSPS) is 11.8. The molecular formula is C14H14N2O4S. The number of nitrogens with zero attached hydrogens (tertiary/aromatic N) is 2. The lowest BCUT2D eigenvalue weighted by Crippen LogP contribution is -1.97. The van der Waals surface area contributed by atoms with Gasteiger partial charge in [-0.05, 0) is 35.4 Å². The smallest absolute Gasteiger partial charge is 0.294 e. The molecule has 0 amide bonds. The molecule has 0 heterocycles. The number of azo groups is 1. The molecule has 0 aliphatic heterocycles. The third kappa shape index (κ3) is 3.45. The van der Waals surface area contributed by atoms with E-state index < -0.39 is 10.1 Å². The highest BCUT2D eigenvalue weighted by atomic mass is 32.2. The SMILES string of the molecule is CN=Nc1cc(-c2cccc(S(=O)(=O)O)c2)ccc1OC. The van der Waals surface area contributed by atoms with Gasteiger partial charge in [-0.3, -0.25) is 4.55 Å². The molecule has 6 nitrogen and oxygen atoms in total. The Bertz CT molecular complexity index is 785. The summed E-state index contributed by atoms with van der Waals surface area (Å²) < 4.78 is 36.7. The van der Waals surface area contributed by atoms with Crippen molar-refractivity contribution in [2.45, 2.75) is 4.90 Å². The molecule has 0 fully saturated rings. The molecule has 0 saturated heterocycles. The summed E-state index contributed by atoms with van der Waals surface area (Å²) in [5.41, 5.74) is 1.92. The molecular weight excluding hydrogens is 292 g/mol. The van der Waals surface area contributed by atoms with Gasteiger partial charge in [-0.2, -0.15) is 18.6 Å². The van der Waals surface area contributed by atoms with E-state index in [0.717, 1.165) is 5.56 Å². The van der Waals surface area contributed by atoms with Crippen LogP contribution in [0.5, 0.6) is 5.75 Å². The van der Waals surface area contributed by atoms with E-state index in [0.29, 0.717) is 17.0 Å². The van der Waals surface area contributed by atoms with Crippen molar-refractivity contribution >= 4 is 15.8 Å². The van der Waals surface area contributed by atoms with Crippen LogP contribution in [0.25, 0.3) is 11.1 Å². The number of rotatable bonds is 4. The van der Waals surface area contributed by atoms with Gasteiger partial charge >= 0.3 is 0 Å². The fraction of sp³-hybridized carbons (Fsp3) is 0.143. The van der Waals surface area contributed by atoms with E-state index in [1.807, 2.05) is 0 Å². The fourth-order valence-corrected chi connectivity index (χ4v) is 2.42. The van der Waals surface area contributed by atoms with Crippen LogP contribution in [0, 0.1) is 0 Å². The monoisotopic (exact) mass is 306 g/mol. The van der Waals surface area contributed by atoms with Crippen molar-refractivity contribution in [3.8, 4) is 16.9 Å². The highest BCUT2D eigenvalue weighted by Gasteiger charge is 2.11. The van der Waals surface area contributed by atoms with Crippen LogP contribution < -0.4 is 4.74 Å². The van der Waals surface area contributed by atoms with E-state index in [9.17, 15) is 8.42 Å². The van der Waals surface area contributed by atoms with Gasteiger partial charge in [-0.15, -0.1) is 0 Å². The minimum Gasteiger partial charge on any atom is -0.494 e. The molecule has 2 aromatic carbocycles. The van der Waals surface area contributed by atoms with Crippen molar-refractivity contribution in [2.75, 3.05) is 14.2 Å². The lowest BCUT2D eigenvalue weighted by Gasteiger charge is -2.08. The van der Waals surface area contributed by atoms with Crippen LogP contribution in [0.3, 0.4) is 0 Å². The summed E-state index contributed by atoms with van der Waals surface area (Å²) in [6.45, 7) is 0. The topological polar surface area (TPSA) is 88.3 Å². The molecule has 0 radical (unpaired) electrons. The molecule has 21 heavy (non-hydrogen) atoms. The quantitative estimate of drug-likeness (QED) is 0.693. The Balaban J connectivity index is 2.55. The highest BCUT2D eigenvalue weighted by molar-refractivity contribution is 7.85. The standard InChI is InChI=1S/C14H14N2O4S/c1-15-16-13-9-11(6-7-14(13)20-2)10-4-3-5-12(8-10)21(17,18)19/h3-9H,1-2H3,(H,17,18,19). The van der Waals surface area contributed by atoms with E-state index in [4.69, 9.17) is 9.29 Å². The van der Waals surface area contributed by atoms with Crippen LogP contribution in [-0.2, 0) is 10.1 Å². The zero-order valence-corrected chi connectivity index (χ0v) is 12.3. The Morgan fingerprint density at radius 3 is 2.43 bits per heavy atom. The molecule has 110 valence electrons. The molecule has 0 aliphatic rings. The summed E-state index contributed by atoms with van der Waals surface area (Å²) in [6, 6.07) is 11.2. The summed E-state index contributed by atoms with van der Waals surface area (Å²) >= 11 is 0. The molecule has 0 unspecified atom stereocenters. The molecule has 1 N–H and O–H groups in total. The van der Waals surface area contributed by atoms with Gasteiger partial charge in [-0.1, -0.05) is 18.2 Å². The van der Waals surface area contributed by atoms with E-state index in [2.05, 4.69) is 10.2 Å². The van der Waals surface area contributed by atoms with Crippen LogP contribution in [0.2, 0.25) is 0 Å². The average molecular weight is 306 g/mol. The lowest BCUT2D eigenvalue weighted by molar-refractivity contribution is 0.416. The maximum Gasteiger partial charge on any atom is 0.294 e. The van der Waals surface area contributed by atoms with Gasteiger partial charge < -0.3 is 4.74 Å². The van der Waals surface area contributed by atoms with Crippen molar-refractivity contribution in [3.05, 3.63) is 42.5 Å². The zero-order chi connectivity index (χ0) is 15.5. The van der Waals surface area contributed by atoms with Crippen molar-refractivity contribution in [2.24, 2.45) is 10.2 Å². The minimum absolute atomic E-state index is 0.158. The molecule has 2 aromatic rings. The van der Waals surface area contributed by atoms with E-state index in [1.165, 1.54) is 19.2 Å². The largest absolute Gasteiger partial charge is 0.494 e. The number of hydrogen-bond donors (Lipinski definition) is 1. The molecule has 0 aliphatic carbocycles. The lowest BCUT2D eigenvalue weighted by atomic mass is 10.0. The van der Waals surface area contributed by atoms with Gasteiger partial charge in [-0.25, -0.2) is 0 Å². The van der Waals surface area contributed by atoms with Crippen LogP contribution >= 0.6 is 0 Å². The summed E-state index contributed by atoms with van der Waals surface area (Å²) in [4.78, 5) is -0.158. The van der Waals surface area contributed by atoms with Crippen molar-refractivity contribution in [1.82, 2.24) is 0 Å². The van der Waals surface area contributed by atoms with Gasteiger partial charge in [0.1, 0.15) is 11.4 Å². The van der Waals surface area contributed by atoms with Crippen molar-refractivity contribution in [3.63, 3.8) is 0 Å². The molecule has 0 saturated carbocycles. The second-order valence-electron chi connectivity index (χ2n) is 4.19. The number of ether oxygens (including phenoxy) is 1. The van der Waals surface area contributed by atoms with Gasteiger partial charge in [0, 0.05) is 7.05 Å². The number of benzene rings is 2. The van der Waals surface area contributed by atoms with Crippen molar-refractivity contribution in [1.29, 1.82) is 0 Å². The number of methoxy groups -OCH3 is 1. The number of hydrogen-bond acceptors (Lipinski definition) is 5. The van der Waals surface area contributed by atoms with Crippen LogP contribution in [0.1, 0.15) is 0 Å². The van der Waals surface area contributed by atoms with E-state index in [1.54, 1.807) is 37.4 Å². The fourth-order valence-electron chi connectivity index (χ4n) is 1.89. The van der Waals surface area contributed by atoms with Gasteiger partial charge in [0.05, 0.1) is 12.0 Å². The summed E-state index contributed by atoms with van der Waals surface area (Å²) in [5, 5.41) is 7.68. The van der Waals surface area contributed by atoms with Gasteiger partial charge in [0.25, 0.3) is 10.1 Å². The molecule has 7 heteroatoms. The first-order valence-corrected chi connectivity index (χ1v) is 7.45. The second-order valence-corrected chi connectivity index (χ2v) is 5.61. The van der Waals surface area contributed by atoms with Gasteiger partial charge in [0.2, 0.25) is 0 Å². The molecule has 0 aromatic heterocycles.